The second-order valence-electron chi connectivity index (χ2n) is 5.68. The molecule has 0 unspecified atom stereocenters. The van der Waals surface area contributed by atoms with Crippen LogP contribution in [0.5, 0.6) is 0 Å². The Bertz CT molecular complexity index is 464. The minimum atomic E-state index is -0.446. The van der Waals surface area contributed by atoms with Crippen LogP contribution < -0.4 is 5.73 Å². The van der Waals surface area contributed by atoms with Crippen LogP contribution in [0.4, 0.5) is 10.5 Å². The molecule has 1 aliphatic rings. The molecule has 20 heavy (non-hydrogen) atoms. The molecule has 4 nitrogen and oxygen atoms in total. The first kappa shape index (κ1) is 16.3. The number of hydrogen-bond acceptors (Lipinski definition) is 3. The van der Waals surface area contributed by atoms with Crippen LogP contribution >= 0.6 is 0 Å². The van der Waals surface area contributed by atoms with Gasteiger partial charge in [0, 0.05) is 18.8 Å². The van der Waals surface area contributed by atoms with E-state index >= 15 is 0 Å². The van der Waals surface area contributed by atoms with Gasteiger partial charge in [-0.15, -0.1) is 0 Å². The summed E-state index contributed by atoms with van der Waals surface area (Å²) < 4.78 is 5.38. The lowest BCUT2D eigenvalue weighted by molar-refractivity contribution is 0.0224. The van der Waals surface area contributed by atoms with Gasteiger partial charge in [-0.2, -0.15) is 0 Å². The van der Waals surface area contributed by atoms with E-state index in [-0.39, 0.29) is 6.09 Å². The number of anilines is 1. The molecule has 1 amide bonds. The zero-order valence-corrected chi connectivity index (χ0v) is 13.2. The van der Waals surface area contributed by atoms with Crippen molar-refractivity contribution in [3.05, 3.63) is 29.3 Å². The summed E-state index contributed by atoms with van der Waals surface area (Å²) in [5, 5.41) is 0. The van der Waals surface area contributed by atoms with Crippen molar-refractivity contribution >= 4 is 11.8 Å². The van der Waals surface area contributed by atoms with Gasteiger partial charge >= 0.3 is 6.09 Å². The molecule has 0 atom stereocenters. The number of benzene rings is 1. The molecule has 0 saturated heterocycles. The maximum Gasteiger partial charge on any atom is 0.410 e. The Morgan fingerprint density at radius 1 is 1.25 bits per heavy atom. The van der Waals surface area contributed by atoms with Crippen LogP contribution in [0.15, 0.2) is 18.2 Å². The smallest absolute Gasteiger partial charge is 0.410 e. The van der Waals surface area contributed by atoms with Crippen molar-refractivity contribution < 1.29 is 9.53 Å². The zero-order valence-electron chi connectivity index (χ0n) is 13.2. The number of rotatable bonds is 0. The fraction of sp³-hybridized carbons (Fsp3) is 0.562. The van der Waals surface area contributed by atoms with E-state index in [1.165, 1.54) is 5.56 Å². The highest BCUT2D eigenvalue weighted by atomic mass is 16.6. The number of fused-ring (bicyclic) bond motifs is 1. The molecule has 0 bridgehead atoms. The third kappa shape index (κ3) is 4.44. The zero-order chi connectivity index (χ0) is 15.3. The molecule has 0 fully saturated rings. The van der Waals surface area contributed by atoms with Crippen molar-refractivity contribution in [2.24, 2.45) is 0 Å². The highest BCUT2D eigenvalue weighted by molar-refractivity contribution is 5.68. The first-order valence-electron chi connectivity index (χ1n) is 7.20. The van der Waals surface area contributed by atoms with Crippen LogP contribution in [0.3, 0.4) is 0 Å². The summed E-state index contributed by atoms with van der Waals surface area (Å²) in [6.45, 7) is 10.9. The molecule has 0 aliphatic carbocycles. The van der Waals surface area contributed by atoms with Crippen molar-refractivity contribution in [2.45, 2.75) is 53.2 Å². The lowest BCUT2D eigenvalue weighted by atomic mass is 9.99. The molecule has 0 radical (unpaired) electrons. The van der Waals surface area contributed by atoms with Gasteiger partial charge in [-0.25, -0.2) is 4.79 Å². The third-order valence-electron chi connectivity index (χ3n) is 2.89. The second-order valence-corrected chi connectivity index (χ2v) is 5.68. The van der Waals surface area contributed by atoms with Crippen LogP contribution in [0, 0.1) is 0 Å². The van der Waals surface area contributed by atoms with Gasteiger partial charge in [-0.1, -0.05) is 19.9 Å². The first-order chi connectivity index (χ1) is 9.35. The second kappa shape index (κ2) is 6.64. The molecular weight excluding hydrogens is 252 g/mol. The van der Waals surface area contributed by atoms with E-state index in [1.54, 1.807) is 4.90 Å². The van der Waals surface area contributed by atoms with Gasteiger partial charge in [-0.05, 0) is 50.5 Å². The van der Waals surface area contributed by atoms with E-state index in [4.69, 9.17) is 10.5 Å². The molecule has 112 valence electrons. The average molecular weight is 278 g/mol. The minimum Gasteiger partial charge on any atom is -0.444 e. The molecule has 1 aromatic carbocycles. The number of nitrogens with two attached hydrogens (primary N) is 1. The Balaban J connectivity index is 0.000000956. The Morgan fingerprint density at radius 3 is 2.50 bits per heavy atom. The van der Waals surface area contributed by atoms with Gasteiger partial charge in [0.1, 0.15) is 5.60 Å². The van der Waals surface area contributed by atoms with Gasteiger partial charge < -0.3 is 15.4 Å². The van der Waals surface area contributed by atoms with E-state index in [1.807, 2.05) is 52.8 Å². The van der Waals surface area contributed by atoms with Crippen molar-refractivity contribution in [2.75, 3.05) is 12.3 Å². The SMILES string of the molecule is CC.CC(C)(C)OC(=O)N1CCc2cc(N)ccc2C1. The lowest BCUT2D eigenvalue weighted by Crippen LogP contribution is -2.39. The molecule has 1 aromatic rings. The standard InChI is InChI=1S/C14H20N2O2.C2H6/c1-14(2,3)18-13(17)16-7-6-10-8-12(15)5-4-11(10)9-16;1-2/h4-5,8H,6-7,9,15H2,1-3H3;1-2H3. The monoisotopic (exact) mass is 278 g/mol. The number of ether oxygens (including phenoxy) is 1. The Morgan fingerprint density at radius 2 is 1.90 bits per heavy atom. The van der Waals surface area contributed by atoms with Gasteiger partial charge in [0.2, 0.25) is 0 Å². The average Bonchev–Trinajstić information content (AvgIpc) is 2.38. The molecule has 2 rings (SSSR count). The number of carbonyl (C=O) groups excluding carboxylic acids is 1. The maximum atomic E-state index is 12.0. The minimum absolute atomic E-state index is 0.245. The quantitative estimate of drug-likeness (QED) is 0.738. The van der Waals surface area contributed by atoms with E-state index in [9.17, 15) is 4.79 Å². The van der Waals surface area contributed by atoms with Crippen molar-refractivity contribution in [3.63, 3.8) is 0 Å². The molecule has 0 spiro atoms. The molecular formula is C16H26N2O2. The molecule has 2 N–H and O–H groups in total. The number of nitrogen functional groups attached to an aromatic ring is 1. The normalized spacial score (nSPS) is 13.9. The summed E-state index contributed by atoms with van der Waals surface area (Å²) in [5.41, 5.74) is 8.47. The summed E-state index contributed by atoms with van der Waals surface area (Å²) in [6, 6.07) is 5.85. The maximum absolute atomic E-state index is 12.0. The van der Waals surface area contributed by atoms with Crippen LogP contribution in [0.25, 0.3) is 0 Å². The highest BCUT2D eigenvalue weighted by Gasteiger charge is 2.25. The summed E-state index contributed by atoms with van der Waals surface area (Å²) >= 11 is 0. The summed E-state index contributed by atoms with van der Waals surface area (Å²) in [5.74, 6) is 0. The van der Waals surface area contributed by atoms with Crippen molar-refractivity contribution in [1.29, 1.82) is 0 Å². The predicted octanol–water partition coefficient (Wildman–Crippen LogP) is 3.59. The molecule has 1 heterocycles. The van der Waals surface area contributed by atoms with Gasteiger partial charge in [0.05, 0.1) is 0 Å². The number of amides is 1. The van der Waals surface area contributed by atoms with Crippen molar-refractivity contribution in [3.8, 4) is 0 Å². The molecule has 4 heteroatoms. The predicted molar refractivity (Wildman–Crippen MR) is 82.6 cm³/mol. The van der Waals surface area contributed by atoms with Gasteiger partial charge in [-0.3, -0.25) is 0 Å². The topological polar surface area (TPSA) is 55.6 Å². The Labute approximate surface area is 121 Å². The fourth-order valence-corrected chi connectivity index (χ4v) is 2.06. The Hall–Kier alpha value is -1.71. The molecule has 0 aromatic heterocycles. The van der Waals surface area contributed by atoms with Crippen LogP contribution in [-0.2, 0) is 17.7 Å². The van der Waals surface area contributed by atoms with Crippen LogP contribution in [0.2, 0.25) is 0 Å². The number of hydrogen-bond donors (Lipinski definition) is 1. The summed E-state index contributed by atoms with van der Waals surface area (Å²) in [4.78, 5) is 13.7. The van der Waals surface area contributed by atoms with Gasteiger partial charge in [0.15, 0.2) is 0 Å². The largest absolute Gasteiger partial charge is 0.444 e. The number of carbonyl (C=O) groups is 1. The first-order valence-corrected chi connectivity index (χ1v) is 7.20. The van der Waals surface area contributed by atoms with E-state index in [0.29, 0.717) is 13.1 Å². The Kier molecular flexibility index (Phi) is 5.43. The van der Waals surface area contributed by atoms with E-state index in [2.05, 4.69) is 0 Å². The van der Waals surface area contributed by atoms with Crippen molar-refractivity contribution in [1.82, 2.24) is 4.90 Å². The highest BCUT2D eigenvalue weighted by Crippen LogP contribution is 2.22. The summed E-state index contributed by atoms with van der Waals surface area (Å²) in [6.07, 6.45) is 0.588. The van der Waals surface area contributed by atoms with Crippen LogP contribution in [-0.4, -0.2) is 23.1 Å². The van der Waals surface area contributed by atoms with E-state index < -0.39 is 5.60 Å². The molecule has 1 aliphatic heterocycles. The lowest BCUT2D eigenvalue weighted by Gasteiger charge is -2.31. The fourth-order valence-electron chi connectivity index (χ4n) is 2.06. The van der Waals surface area contributed by atoms with E-state index in [0.717, 1.165) is 17.7 Å². The number of nitrogens with zero attached hydrogens (tertiary/aromatic N) is 1. The molecule has 0 saturated carbocycles. The summed E-state index contributed by atoms with van der Waals surface area (Å²) in [7, 11) is 0. The van der Waals surface area contributed by atoms with Gasteiger partial charge in [0.25, 0.3) is 0 Å². The third-order valence-corrected chi connectivity index (χ3v) is 2.89. The van der Waals surface area contributed by atoms with Crippen LogP contribution in [0.1, 0.15) is 45.7 Å².